The van der Waals surface area contributed by atoms with Crippen molar-refractivity contribution in [2.45, 2.75) is 11.4 Å². The molecular weight excluding hydrogens is 478 g/mol. The van der Waals surface area contributed by atoms with E-state index in [1.807, 2.05) is 47.2 Å². The number of hydrogen-bond acceptors (Lipinski definition) is 8. The molecule has 35 heavy (non-hydrogen) atoms. The van der Waals surface area contributed by atoms with Gasteiger partial charge >= 0.3 is 0 Å². The molecule has 0 fully saturated rings. The average molecular weight is 498 g/mol. The van der Waals surface area contributed by atoms with E-state index in [1.54, 1.807) is 24.3 Å². The third-order valence-corrected chi connectivity index (χ3v) is 6.57. The lowest BCUT2D eigenvalue weighted by atomic mass is 9.99. The highest BCUT2D eigenvalue weighted by molar-refractivity contribution is 7.99. The standard InChI is InChI=1S/C26H19N5O2S2/c27-14-21-24(17-10-12-34-16-17)22(15-28)26(31-25(21)29)35-13-11-23(32)30-18-6-8-20(9-7-18)33-19-4-2-1-3-5-19/h1-10,12,16H,11,13H2,(H2,29,31)(H,30,32). The molecule has 4 aromatic rings. The number of ether oxygens (including phenoxy) is 1. The highest BCUT2D eigenvalue weighted by atomic mass is 32.2. The topological polar surface area (TPSA) is 125 Å². The van der Waals surface area contributed by atoms with Crippen molar-refractivity contribution in [2.24, 2.45) is 0 Å². The molecule has 2 aromatic carbocycles. The van der Waals surface area contributed by atoms with Crippen molar-refractivity contribution in [3.05, 3.63) is 82.6 Å². The van der Waals surface area contributed by atoms with E-state index in [4.69, 9.17) is 10.5 Å². The molecule has 0 atom stereocenters. The molecule has 0 unspecified atom stereocenters. The zero-order valence-electron chi connectivity index (χ0n) is 18.4. The summed E-state index contributed by atoms with van der Waals surface area (Å²) < 4.78 is 5.76. The van der Waals surface area contributed by atoms with Gasteiger partial charge < -0.3 is 15.8 Å². The van der Waals surface area contributed by atoms with Crippen molar-refractivity contribution in [3.63, 3.8) is 0 Å². The van der Waals surface area contributed by atoms with Gasteiger partial charge in [0.1, 0.15) is 40.0 Å². The first-order chi connectivity index (χ1) is 17.1. The van der Waals surface area contributed by atoms with E-state index in [9.17, 15) is 15.3 Å². The fourth-order valence-electron chi connectivity index (χ4n) is 3.29. The number of thiophene rings is 1. The van der Waals surface area contributed by atoms with Crippen molar-refractivity contribution in [1.29, 1.82) is 10.5 Å². The number of nitrogens with two attached hydrogens (primary N) is 1. The van der Waals surface area contributed by atoms with Crippen LogP contribution in [0.3, 0.4) is 0 Å². The number of para-hydroxylation sites is 1. The molecule has 9 heteroatoms. The summed E-state index contributed by atoms with van der Waals surface area (Å²) in [7, 11) is 0. The summed E-state index contributed by atoms with van der Waals surface area (Å²) in [4.78, 5) is 16.7. The molecule has 0 aliphatic heterocycles. The predicted octanol–water partition coefficient (Wildman–Crippen LogP) is 6.05. The van der Waals surface area contributed by atoms with Crippen molar-refractivity contribution in [2.75, 3.05) is 16.8 Å². The number of carbonyl (C=O) groups excluding carboxylic acids is 1. The van der Waals surface area contributed by atoms with E-state index >= 15 is 0 Å². The van der Waals surface area contributed by atoms with Gasteiger partial charge in [-0.3, -0.25) is 4.79 Å². The number of carbonyl (C=O) groups is 1. The lowest BCUT2D eigenvalue weighted by Crippen LogP contribution is -2.12. The number of nitrogens with one attached hydrogen (secondary N) is 1. The number of rotatable bonds is 8. The van der Waals surface area contributed by atoms with Crippen LogP contribution in [0.25, 0.3) is 11.1 Å². The maximum atomic E-state index is 12.4. The Balaban J connectivity index is 1.38. The maximum absolute atomic E-state index is 12.4. The zero-order valence-corrected chi connectivity index (χ0v) is 20.0. The Bertz CT molecular complexity index is 1410. The molecule has 2 heterocycles. The van der Waals surface area contributed by atoms with Gasteiger partial charge in [0.2, 0.25) is 5.91 Å². The van der Waals surface area contributed by atoms with Crippen molar-refractivity contribution in [1.82, 2.24) is 4.98 Å². The highest BCUT2D eigenvalue weighted by Gasteiger charge is 2.21. The molecule has 0 bridgehead atoms. The predicted molar refractivity (Wildman–Crippen MR) is 138 cm³/mol. The first kappa shape index (κ1) is 23.8. The summed E-state index contributed by atoms with van der Waals surface area (Å²) in [6, 6.07) is 22.6. The minimum atomic E-state index is -0.174. The second-order valence-electron chi connectivity index (χ2n) is 7.25. The number of amides is 1. The number of aromatic nitrogens is 1. The lowest BCUT2D eigenvalue weighted by molar-refractivity contribution is -0.115. The quantitative estimate of drug-likeness (QED) is 0.284. The van der Waals surface area contributed by atoms with Crippen LogP contribution in [0.15, 0.2) is 76.4 Å². The smallest absolute Gasteiger partial charge is 0.225 e. The molecule has 0 saturated heterocycles. The van der Waals surface area contributed by atoms with Crippen molar-refractivity contribution >= 4 is 40.5 Å². The molecule has 7 nitrogen and oxygen atoms in total. The van der Waals surface area contributed by atoms with Crippen LogP contribution >= 0.6 is 23.1 Å². The molecule has 1 amide bonds. The Morgan fingerprint density at radius 2 is 1.74 bits per heavy atom. The van der Waals surface area contributed by atoms with E-state index in [2.05, 4.69) is 22.4 Å². The van der Waals surface area contributed by atoms with Crippen LogP contribution in [-0.4, -0.2) is 16.6 Å². The molecule has 0 aliphatic carbocycles. The number of thioether (sulfide) groups is 1. The zero-order chi connectivity index (χ0) is 24.6. The Labute approximate surface area is 210 Å². The largest absolute Gasteiger partial charge is 0.457 e. The van der Waals surface area contributed by atoms with Crippen molar-refractivity contribution < 1.29 is 9.53 Å². The van der Waals surface area contributed by atoms with Crippen LogP contribution in [0.2, 0.25) is 0 Å². The van der Waals surface area contributed by atoms with Crippen LogP contribution in [-0.2, 0) is 4.79 Å². The van der Waals surface area contributed by atoms with Gasteiger partial charge in [-0.25, -0.2) is 4.98 Å². The first-order valence-electron chi connectivity index (χ1n) is 10.5. The summed E-state index contributed by atoms with van der Waals surface area (Å²) in [6.45, 7) is 0. The summed E-state index contributed by atoms with van der Waals surface area (Å²) in [5.41, 5.74) is 8.36. The van der Waals surface area contributed by atoms with E-state index in [1.165, 1.54) is 23.1 Å². The Kier molecular flexibility index (Phi) is 7.63. The van der Waals surface area contributed by atoms with Crippen molar-refractivity contribution in [3.8, 4) is 34.8 Å². The minimum Gasteiger partial charge on any atom is -0.457 e. The summed E-state index contributed by atoms with van der Waals surface area (Å²) in [5.74, 6) is 1.68. The summed E-state index contributed by atoms with van der Waals surface area (Å²) in [5, 5.41) is 26.3. The van der Waals surface area contributed by atoms with Crippen LogP contribution in [0.4, 0.5) is 11.5 Å². The lowest BCUT2D eigenvalue weighted by Gasteiger charge is -2.12. The van der Waals surface area contributed by atoms with Crippen LogP contribution in [0.1, 0.15) is 17.5 Å². The fourth-order valence-corrected chi connectivity index (χ4v) is 4.88. The molecule has 4 rings (SSSR count). The van der Waals surface area contributed by atoms with Gasteiger partial charge in [0.05, 0.1) is 5.56 Å². The minimum absolute atomic E-state index is 0.0671. The molecule has 0 spiro atoms. The number of pyridine rings is 1. The van der Waals surface area contributed by atoms with Gasteiger partial charge in [-0.2, -0.15) is 21.9 Å². The highest BCUT2D eigenvalue weighted by Crippen LogP contribution is 2.36. The van der Waals surface area contributed by atoms with Gasteiger partial charge in [0.15, 0.2) is 0 Å². The molecule has 0 saturated carbocycles. The van der Waals surface area contributed by atoms with E-state index < -0.39 is 0 Å². The third-order valence-electron chi connectivity index (χ3n) is 4.91. The third kappa shape index (κ3) is 5.79. The van der Waals surface area contributed by atoms with E-state index in [0.29, 0.717) is 27.8 Å². The first-order valence-corrected chi connectivity index (χ1v) is 12.4. The average Bonchev–Trinajstić information content (AvgIpc) is 3.40. The molecule has 172 valence electrons. The SMILES string of the molecule is N#Cc1c(N)nc(SCCC(=O)Nc2ccc(Oc3ccccc3)cc2)c(C#N)c1-c1ccsc1. The molecule has 2 aromatic heterocycles. The number of anilines is 2. The van der Waals surface area contributed by atoms with Gasteiger partial charge in [0, 0.05) is 23.4 Å². The molecule has 0 aliphatic rings. The molecular formula is C26H19N5O2S2. The summed E-state index contributed by atoms with van der Waals surface area (Å²) >= 11 is 2.72. The van der Waals surface area contributed by atoms with E-state index in [-0.39, 0.29) is 29.3 Å². The van der Waals surface area contributed by atoms with E-state index in [0.717, 1.165) is 11.3 Å². The van der Waals surface area contributed by atoms with Crippen LogP contribution < -0.4 is 15.8 Å². The van der Waals surface area contributed by atoms with Gasteiger partial charge in [0.25, 0.3) is 0 Å². The number of nitrogen functional groups attached to an aromatic ring is 1. The fraction of sp³-hybridized carbons (Fsp3) is 0.0769. The Hall–Kier alpha value is -4.31. The molecule has 0 radical (unpaired) electrons. The number of nitrogens with zero attached hydrogens (tertiary/aromatic N) is 3. The van der Waals surface area contributed by atoms with Gasteiger partial charge in [-0.15, -0.1) is 11.8 Å². The Morgan fingerprint density at radius 1 is 1.03 bits per heavy atom. The normalized spacial score (nSPS) is 10.2. The number of hydrogen-bond donors (Lipinski definition) is 2. The summed E-state index contributed by atoms with van der Waals surface area (Å²) in [6.07, 6.45) is 0.202. The second-order valence-corrected chi connectivity index (χ2v) is 9.11. The Morgan fingerprint density at radius 3 is 2.40 bits per heavy atom. The molecule has 3 N–H and O–H groups in total. The van der Waals surface area contributed by atoms with Crippen LogP contribution in [0, 0.1) is 22.7 Å². The maximum Gasteiger partial charge on any atom is 0.225 e. The van der Waals surface area contributed by atoms with Crippen LogP contribution in [0.5, 0.6) is 11.5 Å². The number of benzene rings is 2. The second kappa shape index (κ2) is 11.2. The van der Waals surface area contributed by atoms with Gasteiger partial charge in [-0.05, 0) is 58.8 Å². The van der Waals surface area contributed by atoms with Gasteiger partial charge in [-0.1, -0.05) is 18.2 Å². The number of nitriles is 2. The monoisotopic (exact) mass is 497 g/mol.